The molecule has 6 nitrogen and oxygen atoms in total. The molecule has 0 bridgehead atoms. The predicted molar refractivity (Wildman–Crippen MR) is 65.6 cm³/mol. The van der Waals surface area contributed by atoms with E-state index in [0.29, 0.717) is 23.3 Å². The Hall–Kier alpha value is -1.92. The van der Waals surface area contributed by atoms with E-state index in [-0.39, 0.29) is 6.54 Å². The lowest BCUT2D eigenvalue weighted by Gasteiger charge is -1.95. The predicted octanol–water partition coefficient (Wildman–Crippen LogP) is 0.965. The summed E-state index contributed by atoms with van der Waals surface area (Å²) in [7, 11) is 0. The van der Waals surface area contributed by atoms with Gasteiger partial charge in [0.05, 0.1) is 13.1 Å². The molecule has 0 radical (unpaired) electrons. The van der Waals surface area contributed by atoms with Gasteiger partial charge in [0, 0.05) is 10.6 Å². The van der Waals surface area contributed by atoms with Crippen molar-refractivity contribution < 1.29 is 9.32 Å². The molecular weight excluding hydrogens is 256 g/mol. The Kier molecular flexibility index (Phi) is 3.91. The van der Waals surface area contributed by atoms with Gasteiger partial charge in [-0.1, -0.05) is 16.8 Å². The third-order valence-corrected chi connectivity index (χ3v) is 2.40. The number of hydrogen-bond donors (Lipinski definition) is 2. The highest BCUT2D eigenvalue weighted by molar-refractivity contribution is 6.30. The number of hydrogen-bond acceptors (Lipinski definition) is 5. The maximum atomic E-state index is 10.5. The summed E-state index contributed by atoms with van der Waals surface area (Å²) in [5.41, 5.74) is 5.80. The minimum atomic E-state index is -0.438. The molecule has 0 saturated carbocycles. The van der Waals surface area contributed by atoms with Gasteiger partial charge in [-0.2, -0.15) is 4.98 Å². The zero-order valence-electron chi connectivity index (χ0n) is 9.39. The molecular formula is C11H11ClN4O2. The summed E-state index contributed by atoms with van der Waals surface area (Å²) in [6.07, 6.45) is 0. The average Bonchev–Trinajstić information content (AvgIpc) is 2.78. The highest BCUT2D eigenvalue weighted by Gasteiger charge is 2.08. The van der Waals surface area contributed by atoms with Crippen LogP contribution in [0.3, 0.4) is 0 Å². The number of rotatable bonds is 5. The molecule has 7 heteroatoms. The topological polar surface area (TPSA) is 94.0 Å². The van der Waals surface area contributed by atoms with Crippen LogP contribution in [-0.2, 0) is 11.3 Å². The smallest absolute Gasteiger partial charge is 0.240 e. The van der Waals surface area contributed by atoms with Crippen LogP contribution in [-0.4, -0.2) is 22.6 Å². The van der Waals surface area contributed by atoms with Crippen molar-refractivity contribution in [2.45, 2.75) is 6.54 Å². The second kappa shape index (κ2) is 5.61. The lowest BCUT2D eigenvalue weighted by Crippen LogP contribution is -2.28. The van der Waals surface area contributed by atoms with Crippen molar-refractivity contribution >= 4 is 17.5 Å². The van der Waals surface area contributed by atoms with Gasteiger partial charge in [-0.15, -0.1) is 0 Å². The Morgan fingerprint density at radius 3 is 2.78 bits per heavy atom. The Morgan fingerprint density at radius 1 is 1.39 bits per heavy atom. The third-order valence-electron chi connectivity index (χ3n) is 2.15. The summed E-state index contributed by atoms with van der Waals surface area (Å²) in [6, 6.07) is 7.10. The van der Waals surface area contributed by atoms with Crippen LogP contribution in [0.2, 0.25) is 5.02 Å². The van der Waals surface area contributed by atoms with Crippen LogP contribution < -0.4 is 11.1 Å². The van der Waals surface area contributed by atoms with E-state index in [1.54, 1.807) is 24.3 Å². The Morgan fingerprint density at radius 2 is 2.11 bits per heavy atom. The van der Waals surface area contributed by atoms with E-state index in [4.69, 9.17) is 21.9 Å². The number of nitrogens with zero attached hydrogens (tertiary/aromatic N) is 2. The first-order valence-corrected chi connectivity index (χ1v) is 5.60. The van der Waals surface area contributed by atoms with Crippen LogP contribution in [0.25, 0.3) is 11.4 Å². The first kappa shape index (κ1) is 12.5. The fourth-order valence-electron chi connectivity index (χ4n) is 1.34. The number of halogens is 1. The lowest BCUT2D eigenvalue weighted by atomic mass is 10.2. The normalized spacial score (nSPS) is 10.5. The van der Waals surface area contributed by atoms with Crippen LogP contribution >= 0.6 is 11.6 Å². The second-order valence-electron chi connectivity index (χ2n) is 3.59. The number of benzene rings is 1. The van der Waals surface area contributed by atoms with E-state index in [9.17, 15) is 4.79 Å². The van der Waals surface area contributed by atoms with Crippen molar-refractivity contribution in [1.29, 1.82) is 0 Å². The van der Waals surface area contributed by atoms with Gasteiger partial charge in [0.1, 0.15) is 0 Å². The summed E-state index contributed by atoms with van der Waals surface area (Å²) in [5, 5.41) is 7.26. The minimum Gasteiger partial charge on any atom is -0.369 e. The first-order chi connectivity index (χ1) is 8.65. The fourth-order valence-corrected chi connectivity index (χ4v) is 1.46. The molecule has 0 saturated heterocycles. The molecule has 0 aliphatic heterocycles. The van der Waals surface area contributed by atoms with Crippen LogP contribution in [0.1, 0.15) is 5.89 Å². The van der Waals surface area contributed by atoms with E-state index in [1.165, 1.54) is 0 Å². The number of nitrogens with two attached hydrogens (primary N) is 1. The van der Waals surface area contributed by atoms with Gasteiger partial charge < -0.3 is 10.3 Å². The van der Waals surface area contributed by atoms with Crippen molar-refractivity contribution in [1.82, 2.24) is 15.5 Å². The van der Waals surface area contributed by atoms with Crippen molar-refractivity contribution in [3.05, 3.63) is 35.2 Å². The summed E-state index contributed by atoms with van der Waals surface area (Å²) in [5.74, 6) is 0.427. The molecule has 0 unspecified atom stereocenters. The molecule has 0 fully saturated rings. The first-order valence-electron chi connectivity index (χ1n) is 5.22. The SMILES string of the molecule is NC(=O)CNCc1nc(-c2ccc(Cl)cc2)no1. The van der Waals surface area contributed by atoms with Crippen molar-refractivity contribution in [3.63, 3.8) is 0 Å². The van der Waals surface area contributed by atoms with Gasteiger partial charge in [-0.05, 0) is 24.3 Å². The second-order valence-corrected chi connectivity index (χ2v) is 4.02. The molecule has 2 aromatic rings. The Bertz CT molecular complexity index is 538. The maximum absolute atomic E-state index is 10.5. The number of carbonyl (C=O) groups excluding carboxylic acids is 1. The van der Waals surface area contributed by atoms with E-state index in [0.717, 1.165) is 5.56 Å². The highest BCUT2D eigenvalue weighted by Crippen LogP contribution is 2.18. The zero-order chi connectivity index (χ0) is 13.0. The molecule has 1 aromatic heterocycles. The molecule has 0 atom stereocenters. The van der Waals surface area contributed by atoms with Crippen LogP contribution in [0, 0.1) is 0 Å². The van der Waals surface area contributed by atoms with Crippen molar-refractivity contribution in [2.75, 3.05) is 6.54 Å². The number of nitrogens with one attached hydrogen (secondary N) is 1. The molecule has 18 heavy (non-hydrogen) atoms. The van der Waals surface area contributed by atoms with Crippen LogP contribution in [0.4, 0.5) is 0 Å². The largest absolute Gasteiger partial charge is 0.369 e. The van der Waals surface area contributed by atoms with E-state index >= 15 is 0 Å². The molecule has 0 aliphatic carbocycles. The van der Waals surface area contributed by atoms with Crippen molar-refractivity contribution in [3.8, 4) is 11.4 Å². The van der Waals surface area contributed by atoms with Gasteiger partial charge in [0.2, 0.25) is 17.6 Å². The molecule has 0 spiro atoms. The Balaban J connectivity index is 2.01. The maximum Gasteiger partial charge on any atom is 0.240 e. The summed E-state index contributed by atoms with van der Waals surface area (Å²) in [6.45, 7) is 0.363. The fraction of sp³-hybridized carbons (Fsp3) is 0.182. The highest BCUT2D eigenvalue weighted by atomic mass is 35.5. The summed E-state index contributed by atoms with van der Waals surface area (Å²) < 4.78 is 5.02. The quantitative estimate of drug-likeness (QED) is 0.841. The summed E-state index contributed by atoms with van der Waals surface area (Å²) in [4.78, 5) is 14.7. The molecule has 1 amide bonds. The average molecular weight is 267 g/mol. The van der Waals surface area contributed by atoms with Gasteiger partial charge >= 0.3 is 0 Å². The molecule has 1 aromatic carbocycles. The summed E-state index contributed by atoms with van der Waals surface area (Å²) >= 11 is 5.78. The molecule has 3 N–H and O–H groups in total. The molecule has 94 valence electrons. The van der Waals surface area contributed by atoms with Crippen molar-refractivity contribution in [2.24, 2.45) is 5.73 Å². The molecule has 1 heterocycles. The van der Waals surface area contributed by atoms with Gasteiger partial charge in [-0.3, -0.25) is 10.1 Å². The zero-order valence-corrected chi connectivity index (χ0v) is 10.1. The van der Waals surface area contributed by atoms with Crippen LogP contribution in [0.15, 0.2) is 28.8 Å². The van der Waals surface area contributed by atoms with Gasteiger partial charge in [-0.25, -0.2) is 0 Å². The monoisotopic (exact) mass is 266 g/mol. The number of amides is 1. The third kappa shape index (κ3) is 3.28. The van der Waals surface area contributed by atoms with Crippen LogP contribution in [0.5, 0.6) is 0 Å². The minimum absolute atomic E-state index is 0.0681. The number of carbonyl (C=O) groups is 1. The number of aromatic nitrogens is 2. The Labute approximate surface area is 108 Å². The standard InChI is InChI=1S/C11H11ClN4O2/c12-8-3-1-7(2-4-8)11-15-10(18-16-11)6-14-5-9(13)17/h1-4,14H,5-6H2,(H2,13,17). The lowest BCUT2D eigenvalue weighted by molar-refractivity contribution is -0.117. The van der Waals surface area contributed by atoms with E-state index in [1.807, 2.05) is 0 Å². The van der Waals surface area contributed by atoms with Gasteiger partial charge in [0.15, 0.2) is 0 Å². The van der Waals surface area contributed by atoms with Gasteiger partial charge in [0.25, 0.3) is 0 Å². The number of primary amides is 1. The van der Waals surface area contributed by atoms with E-state index < -0.39 is 5.91 Å². The van der Waals surface area contributed by atoms with E-state index in [2.05, 4.69) is 15.5 Å². The molecule has 2 rings (SSSR count). The molecule has 0 aliphatic rings.